The fourth-order valence-corrected chi connectivity index (χ4v) is 1.94. The average Bonchev–Trinajstić information content (AvgIpc) is 2.70. The van der Waals surface area contributed by atoms with Crippen molar-refractivity contribution in [3.05, 3.63) is 18.0 Å². The first-order chi connectivity index (χ1) is 7.25. The van der Waals surface area contributed by atoms with Crippen molar-refractivity contribution < 1.29 is 0 Å². The molecule has 1 aromatic heterocycles. The van der Waals surface area contributed by atoms with E-state index in [-0.39, 0.29) is 0 Å². The summed E-state index contributed by atoms with van der Waals surface area (Å²) in [7, 11) is 2.05. The molecule has 0 saturated carbocycles. The molecule has 15 heavy (non-hydrogen) atoms. The van der Waals surface area contributed by atoms with E-state index < -0.39 is 0 Å². The Balaban J connectivity index is 1.97. The van der Waals surface area contributed by atoms with Crippen molar-refractivity contribution in [3.63, 3.8) is 0 Å². The van der Waals surface area contributed by atoms with Crippen molar-refractivity contribution in [3.8, 4) is 0 Å². The number of hydrogen-bond donors (Lipinski definition) is 1. The molecular weight excluding hydrogens is 188 g/mol. The third-order valence-corrected chi connectivity index (χ3v) is 2.78. The van der Waals surface area contributed by atoms with Crippen LogP contribution in [0, 0.1) is 6.92 Å². The molecular formula is C11H18N4. The summed E-state index contributed by atoms with van der Waals surface area (Å²) >= 11 is 0. The summed E-state index contributed by atoms with van der Waals surface area (Å²) in [5.41, 5.74) is 1.02. The molecule has 4 nitrogen and oxygen atoms in total. The van der Waals surface area contributed by atoms with Gasteiger partial charge in [-0.05, 0) is 32.4 Å². The van der Waals surface area contributed by atoms with E-state index in [4.69, 9.17) is 0 Å². The molecule has 1 aliphatic rings. The first-order valence-electron chi connectivity index (χ1n) is 5.50. The molecule has 2 rings (SSSR count). The van der Waals surface area contributed by atoms with E-state index in [2.05, 4.69) is 27.2 Å². The molecule has 1 aliphatic heterocycles. The second kappa shape index (κ2) is 4.57. The highest BCUT2D eigenvalue weighted by atomic mass is 15.2. The van der Waals surface area contributed by atoms with Crippen LogP contribution < -0.4 is 10.2 Å². The van der Waals surface area contributed by atoms with E-state index in [1.807, 2.05) is 19.2 Å². The fraction of sp³-hybridized carbons (Fsp3) is 0.636. The van der Waals surface area contributed by atoms with Crippen LogP contribution in [-0.4, -0.2) is 36.1 Å². The van der Waals surface area contributed by atoms with Gasteiger partial charge in [0.05, 0.1) is 0 Å². The Bertz CT molecular complexity index is 320. The Kier molecular flexibility index (Phi) is 3.16. The molecule has 1 atom stereocenters. The number of hydrogen-bond acceptors (Lipinski definition) is 4. The monoisotopic (exact) mass is 206 g/mol. The molecule has 0 aromatic carbocycles. The lowest BCUT2D eigenvalue weighted by Gasteiger charge is -2.21. The Hall–Kier alpha value is -1.16. The zero-order valence-corrected chi connectivity index (χ0v) is 9.40. The molecule has 1 saturated heterocycles. The summed E-state index contributed by atoms with van der Waals surface area (Å²) in [5.74, 6) is 0.823. The number of nitrogens with one attached hydrogen (secondary N) is 1. The van der Waals surface area contributed by atoms with E-state index in [1.54, 1.807) is 0 Å². The summed E-state index contributed by atoms with van der Waals surface area (Å²) in [6.07, 6.45) is 4.36. The van der Waals surface area contributed by atoms with Crippen molar-refractivity contribution in [2.24, 2.45) is 0 Å². The van der Waals surface area contributed by atoms with E-state index in [1.165, 1.54) is 12.8 Å². The molecule has 1 aromatic rings. The molecule has 0 aliphatic carbocycles. The predicted octanol–water partition coefficient (Wildman–Crippen LogP) is 0.973. The molecule has 0 radical (unpaired) electrons. The summed E-state index contributed by atoms with van der Waals surface area (Å²) in [6, 6.07) is 2.52. The smallest absolute Gasteiger partial charge is 0.225 e. The Morgan fingerprint density at radius 2 is 2.47 bits per heavy atom. The van der Waals surface area contributed by atoms with Crippen LogP contribution in [0.4, 0.5) is 5.95 Å². The maximum atomic E-state index is 4.40. The third kappa shape index (κ3) is 2.65. The van der Waals surface area contributed by atoms with E-state index >= 15 is 0 Å². The van der Waals surface area contributed by atoms with Gasteiger partial charge in [0.15, 0.2) is 0 Å². The van der Waals surface area contributed by atoms with Crippen LogP contribution in [0.15, 0.2) is 12.3 Å². The maximum Gasteiger partial charge on any atom is 0.225 e. The molecule has 0 unspecified atom stereocenters. The molecule has 2 heterocycles. The van der Waals surface area contributed by atoms with Crippen LogP contribution >= 0.6 is 0 Å². The van der Waals surface area contributed by atoms with Crippen molar-refractivity contribution in [2.75, 3.05) is 25.0 Å². The van der Waals surface area contributed by atoms with Gasteiger partial charge in [0, 0.05) is 31.5 Å². The second-order valence-electron chi connectivity index (χ2n) is 4.17. The zero-order valence-electron chi connectivity index (χ0n) is 9.40. The molecule has 1 N–H and O–H groups in total. The molecule has 0 amide bonds. The summed E-state index contributed by atoms with van der Waals surface area (Å²) in [5, 5.41) is 3.47. The largest absolute Gasteiger partial charge is 0.342 e. The quantitative estimate of drug-likeness (QED) is 0.800. The van der Waals surface area contributed by atoms with Crippen LogP contribution in [0.1, 0.15) is 18.5 Å². The summed E-state index contributed by atoms with van der Waals surface area (Å²) in [4.78, 5) is 10.8. The number of likely N-dealkylation sites (N-methyl/N-ethyl adjacent to an activating group) is 1. The van der Waals surface area contributed by atoms with Crippen LogP contribution in [0.25, 0.3) is 0 Å². The summed E-state index contributed by atoms with van der Waals surface area (Å²) < 4.78 is 0. The van der Waals surface area contributed by atoms with Gasteiger partial charge in [-0.1, -0.05) is 0 Å². The second-order valence-corrected chi connectivity index (χ2v) is 4.17. The zero-order chi connectivity index (χ0) is 10.7. The predicted molar refractivity (Wildman–Crippen MR) is 61.1 cm³/mol. The minimum absolute atomic E-state index is 0.596. The van der Waals surface area contributed by atoms with E-state index in [9.17, 15) is 0 Å². The molecule has 1 fully saturated rings. The standard InChI is InChI=1S/C11H18N4/c1-9-5-7-13-11(14-9)15(2)8-10-4-3-6-12-10/h5,7,10,12H,3-4,6,8H2,1-2H3/t10-/m0/s1. The van der Waals surface area contributed by atoms with Crippen molar-refractivity contribution in [2.45, 2.75) is 25.8 Å². The van der Waals surface area contributed by atoms with E-state index in [0.717, 1.165) is 24.7 Å². The normalized spacial score (nSPS) is 20.5. The number of rotatable bonds is 3. The molecule has 82 valence electrons. The van der Waals surface area contributed by atoms with Crippen molar-refractivity contribution in [1.29, 1.82) is 0 Å². The lowest BCUT2D eigenvalue weighted by atomic mass is 10.2. The number of aromatic nitrogens is 2. The lowest BCUT2D eigenvalue weighted by Crippen LogP contribution is -2.36. The van der Waals surface area contributed by atoms with Gasteiger partial charge < -0.3 is 10.2 Å². The molecule has 4 heteroatoms. The summed E-state index contributed by atoms with van der Waals surface area (Å²) in [6.45, 7) is 4.13. The Morgan fingerprint density at radius 3 is 3.13 bits per heavy atom. The number of anilines is 1. The van der Waals surface area contributed by atoms with Crippen molar-refractivity contribution >= 4 is 5.95 Å². The highest BCUT2D eigenvalue weighted by molar-refractivity contribution is 5.28. The third-order valence-electron chi connectivity index (χ3n) is 2.78. The maximum absolute atomic E-state index is 4.40. The highest BCUT2D eigenvalue weighted by Gasteiger charge is 2.16. The Morgan fingerprint density at radius 1 is 1.60 bits per heavy atom. The highest BCUT2D eigenvalue weighted by Crippen LogP contribution is 2.10. The first kappa shape index (κ1) is 10.4. The van der Waals surface area contributed by atoms with Gasteiger partial charge in [0.2, 0.25) is 5.95 Å². The number of aryl methyl sites for hydroxylation is 1. The lowest BCUT2D eigenvalue weighted by molar-refractivity contribution is 0.594. The van der Waals surface area contributed by atoms with E-state index in [0.29, 0.717) is 6.04 Å². The van der Waals surface area contributed by atoms with Gasteiger partial charge in [-0.3, -0.25) is 0 Å². The first-order valence-corrected chi connectivity index (χ1v) is 5.50. The van der Waals surface area contributed by atoms with Crippen LogP contribution in [0.5, 0.6) is 0 Å². The van der Waals surface area contributed by atoms with Gasteiger partial charge in [0.1, 0.15) is 0 Å². The van der Waals surface area contributed by atoms with Gasteiger partial charge in [0.25, 0.3) is 0 Å². The van der Waals surface area contributed by atoms with Gasteiger partial charge in [-0.2, -0.15) is 0 Å². The Labute approximate surface area is 90.7 Å². The topological polar surface area (TPSA) is 41.1 Å². The van der Waals surface area contributed by atoms with Crippen LogP contribution in [0.3, 0.4) is 0 Å². The number of nitrogens with zero attached hydrogens (tertiary/aromatic N) is 3. The molecule has 0 bridgehead atoms. The average molecular weight is 206 g/mol. The van der Waals surface area contributed by atoms with Gasteiger partial charge in [-0.25, -0.2) is 9.97 Å². The minimum atomic E-state index is 0.596. The fourth-order valence-electron chi connectivity index (χ4n) is 1.94. The van der Waals surface area contributed by atoms with Crippen molar-refractivity contribution in [1.82, 2.24) is 15.3 Å². The van der Waals surface area contributed by atoms with Crippen LogP contribution in [0.2, 0.25) is 0 Å². The van der Waals surface area contributed by atoms with Crippen LogP contribution in [-0.2, 0) is 0 Å². The van der Waals surface area contributed by atoms with Gasteiger partial charge in [-0.15, -0.1) is 0 Å². The minimum Gasteiger partial charge on any atom is -0.342 e. The SMILES string of the molecule is Cc1ccnc(N(C)C[C@@H]2CCCN2)n1. The molecule has 0 spiro atoms. The van der Waals surface area contributed by atoms with Gasteiger partial charge >= 0.3 is 0 Å².